The highest BCUT2D eigenvalue weighted by Gasteiger charge is 2.20. The number of pyridine rings is 1. The number of rotatable bonds is 1. The van der Waals surface area contributed by atoms with Gasteiger partial charge in [-0.3, -0.25) is 9.66 Å². The fourth-order valence-electron chi connectivity index (χ4n) is 3.40. The fourth-order valence-corrected chi connectivity index (χ4v) is 3.40. The third-order valence-electron chi connectivity index (χ3n) is 4.36. The molecule has 1 saturated heterocycles. The summed E-state index contributed by atoms with van der Waals surface area (Å²) in [6.07, 6.45) is 4.49. The van der Waals surface area contributed by atoms with E-state index in [-0.39, 0.29) is 0 Å². The molecule has 3 heteroatoms. The van der Waals surface area contributed by atoms with Crippen LogP contribution in [0.15, 0.2) is 30.5 Å². The van der Waals surface area contributed by atoms with Crippen LogP contribution in [0, 0.1) is 13.8 Å². The van der Waals surface area contributed by atoms with E-state index < -0.39 is 0 Å². The molecule has 0 unspecified atom stereocenters. The minimum absolute atomic E-state index is 1.11. The first-order valence-corrected chi connectivity index (χ1v) is 7.37. The van der Waals surface area contributed by atoms with E-state index in [1.54, 1.807) is 0 Å². The summed E-state index contributed by atoms with van der Waals surface area (Å²) < 4.78 is 2.41. The van der Waals surface area contributed by atoms with Crippen LogP contribution in [0.5, 0.6) is 0 Å². The summed E-state index contributed by atoms with van der Waals surface area (Å²) in [5, 5.41) is 5.13. The summed E-state index contributed by atoms with van der Waals surface area (Å²) in [6.45, 7) is 6.56. The van der Waals surface area contributed by atoms with Gasteiger partial charge in [-0.1, -0.05) is 12.1 Å². The summed E-state index contributed by atoms with van der Waals surface area (Å²) in [6, 6.07) is 8.89. The number of benzene rings is 1. The Balaban J connectivity index is 2.17. The molecule has 0 amide bonds. The lowest BCUT2D eigenvalue weighted by atomic mass is 10.1. The van der Waals surface area contributed by atoms with Gasteiger partial charge in [-0.25, -0.2) is 0 Å². The summed E-state index contributed by atoms with van der Waals surface area (Å²) in [5.41, 5.74) is 5.02. The minimum Gasteiger partial charge on any atom is -0.312 e. The smallest absolute Gasteiger partial charge is 0.0920 e. The zero-order valence-electron chi connectivity index (χ0n) is 12.1. The monoisotopic (exact) mass is 265 g/mol. The molecule has 0 atom stereocenters. The van der Waals surface area contributed by atoms with E-state index in [1.807, 2.05) is 6.20 Å². The Morgan fingerprint density at radius 2 is 1.80 bits per heavy atom. The highest BCUT2D eigenvalue weighted by molar-refractivity contribution is 6.09. The molecule has 1 aromatic carbocycles. The first kappa shape index (κ1) is 11.8. The predicted molar refractivity (Wildman–Crippen MR) is 83.9 cm³/mol. The molecular weight excluding hydrogens is 246 g/mol. The number of hydrogen-bond donors (Lipinski definition) is 0. The van der Waals surface area contributed by atoms with Crippen molar-refractivity contribution in [2.75, 3.05) is 18.1 Å². The number of fused-ring (bicyclic) bond motifs is 3. The van der Waals surface area contributed by atoms with Gasteiger partial charge in [-0.05, 0) is 44.4 Å². The van der Waals surface area contributed by atoms with Gasteiger partial charge < -0.3 is 5.01 Å². The Bertz CT molecular complexity index is 795. The Hall–Kier alpha value is -2.03. The first-order valence-electron chi connectivity index (χ1n) is 7.37. The Morgan fingerprint density at radius 3 is 2.60 bits per heavy atom. The van der Waals surface area contributed by atoms with Crippen molar-refractivity contribution in [3.63, 3.8) is 0 Å². The van der Waals surface area contributed by atoms with E-state index in [9.17, 15) is 0 Å². The molecule has 3 heterocycles. The lowest BCUT2D eigenvalue weighted by molar-refractivity contribution is 0.705. The van der Waals surface area contributed by atoms with Crippen LogP contribution in [0.1, 0.15) is 24.1 Å². The van der Waals surface area contributed by atoms with Gasteiger partial charge >= 0.3 is 0 Å². The molecule has 0 radical (unpaired) electrons. The van der Waals surface area contributed by atoms with E-state index in [2.05, 4.69) is 52.8 Å². The second kappa shape index (κ2) is 4.23. The van der Waals surface area contributed by atoms with Crippen molar-refractivity contribution in [3.8, 4) is 0 Å². The maximum atomic E-state index is 4.51. The molecule has 0 N–H and O–H groups in total. The van der Waals surface area contributed by atoms with Gasteiger partial charge in [0.1, 0.15) is 0 Å². The number of aryl methyl sites for hydroxylation is 2. The number of hydrogen-bond acceptors (Lipinski definition) is 2. The molecule has 20 heavy (non-hydrogen) atoms. The molecular formula is C17H19N3. The van der Waals surface area contributed by atoms with Crippen molar-refractivity contribution in [3.05, 3.63) is 41.7 Å². The van der Waals surface area contributed by atoms with Crippen molar-refractivity contribution < 1.29 is 0 Å². The second-order valence-corrected chi connectivity index (χ2v) is 5.79. The fraction of sp³-hybridized carbons (Fsp3) is 0.353. The standard InChI is InChI=1S/C17H19N3/c1-12-5-6-14-15-7-8-18-13(2)17(15)20(16(14)11-12)19-9-3-4-10-19/h5-8,11H,3-4,9-10H2,1-2H3. The van der Waals surface area contributed by atoms with Gasteiger partial charge in [0, 0.05) is 30.1 Å². The van der Waals surface area contributed by atoms with Gasteiger partial charge in [0.15, 0.2) is 0 Å². The Kier molecular flexibility index (Phi) is 2.49. The lowest BCUT2D eigenvalue weighted by Crippen LogP contribution is -2.31. The van der Waals surface area contributed by atoms with Crippen LogP contribution in [-0.4, -0.2) is 22.7 Å². The summed E-state index contributed by atoms with van der Waals surface area (Å²) in [4.78, 5) is 4.51. The van der Waals surface area contributed by atoms with Gasteiger partial charge in [0.25, 0.3) is 0 Å². The summed E-state index contributed by atoms with van der Waals surface area (Å²) in [5.74, 6) is 0. The molecule has 102 valence electrons. The van der Waals surface area contributed by atoms with E-state index >= 15 is 0 Å². The average molecular weight is 265 g/mol. The molecule has 0 spiro atoms. The third-order valence-corrected chi connectivity index (χ3v) is 4.36. The van der Waals surface area contributed by atoms with Crippen LogP contribution in [0.4, 0.5) is 0 Å². The second-order valence-electron chi connectivity index (χ2n) is 5.79. The van der Waals surface area contributed by atoms with Crippen molar-refractivity contribution in [2.45, 2.75) is 26.7 Å². The zero-order valence-corrected chi connectivity index (χ0v) is 12.1. The highest BCUT2D eigenvalue weighted by atomic mass is 15.6. The molecule has 3 nitrogen and oxygen atoms in total. The first-order chi connectivity index (χ1) is 9.75. The van der Waals surface area contributed by atoms with Crippen LogP contribution in [0.3, 0.4) is 0 Å². The molecule has 0 aliphatic carbocycles. The molecule has 1 aliphatic rings. The maximum absolute atomic E-state index is 4.51. The quantitative estimate of drug-likeness (QED) is 0.671. The topological polar surface area (TPSA) is 21.1 Å². The molecule has 0 bridgehead atoms. The van der Waals surface area contributed by atoms with Gasteiger partial charge in [0.2, 0.25) is 0 Å². The average Bonchev–Trinajstić information content (AvgIpc) is 3.04. The minimum atomic E-state index is 1.11. The molecule has 0 saturated carbocycles. The molecule has 2 aromatic heterocycles. The van der Waals surface area contributed by atoms with Crippen LogP contribution in [-0.2, 0) is 0 Å². The SMILES string of the molecule is Cc1ccc2c3ccnc(C)c3n(N3CCCC3)c2c1. The van der Waals surface area contributed by atoms with Gasteiger partial charge in [-0.15, -0.1) is 0 Å². The van der Waals surface area contributed by atoms with Crippen molar-refractivity contribution in [1.82, 2.24) is 9.66 Å². The maximum Gasteiger partial charge on any atom is 0.0920 e. The Labute approximate surface area is 118 Å². The van der Waals surface area contributed by atoms with Crippen LogP contribution in [0.25, 0.3) is 21.8 Å². The predicted octanol–water partition coefficient (Wildman–Crippen LogP) is 3.54. The Morgan fingerprint density at radius 1 is 1.00 bits per heavy atom. The van der Waals surface area contributed by atoms with E-state index in [1.165, 1.54) is 40.2 Å². The molecule has 1 aliphatic heterocycles. The largest absolute Gasteiger partial charge is 0.312 e. The van der Waals surface area contributed by atoms with E-state index in [0.717, 1.165) is 18.8 Å². The van der Waals surface area contributed by atoms with Crippen molar-refractivity contribution in [2.24, 2.45) is 0 Å². The summed E-state index contributed by atoms with van der Waals surface area (Å²) >= 11 is 0. The number of aromatic nitrogens is 2. The zero-order chi connectivity index (χ0) is 13.7. The highest BCUT2D eigenvalue weighted by Crippen LogP contribution is 2.31. The number of nitrogens with zero attached hydrogens (tertiary/aromatic N) is 3. The van der Waals surface area contributed by atoms with E-state index in [4.69, 9.17) is 0 Å². The molecule has 1 fully saturated rings. The lowest BCUT2D eigenvalue weighted by Gasteiger charge is -2.22. The normalized spacial score (nSPS) is 15.6. The van der Waals surface area contributed by atoms with E-state index in [0.29, 0.717) is 0 Å². The van der Waals surface area contributed by atoms with Crippen LogP contribution < -0.4 is 5.01 Å². The van der Waals surface area contributed by atoms with Gasteiger partial charge in [-0.2, -0.15) is 0 Å². The van der Waals surface area contributed by atoms with Crippen molar-refractivity contribution in [1.29, 1.82) is 0 Å². The molecule has 3 aromatic rings. The van der Waals surface area contributed by atoms with Crippen molar-refractivity contribution >= 4 is 21.8 Å². The third kappa shape index (κ3) is 1.56. The van der Waals surface area contributed by atoms with Gasteiger partial charge in [0.05, 0.1) is 16.7 Å². The summed E-state index contributed by atoms with van der Waals surface area (Å²) in [7, 11) is 0. The molecule has 4 rings (SSSR count). The van der Waals surface area contributed by atoms with Crippen LogP contribution >= 0.6 is 0 Å². The van der Waals surface area contributed by atoms with Crippen LogP contribution in [0.2, 0.25) is 0 Å².